The lowest BCUT2D eigenvalue weighted by Gasteiger charge is -2.21. The van der Waals surface area contributed by atoms with Gasteiger partial charge < -0.3 is 10.6 Å². The fraction of sp³-hybridized carbons (Fsp3) is 0.267. The average molecular weight is 267 g/mol. The summed E-state index contributed by atoms with van der Waals surface area (Å²) in [7, 11) is 1.95. The Morgan fingerprint density at radius 1 is 1.30 bits per heavy atom. The number of benzene rings is 1. The van der Waals surface area contributed by atoms with Crippen molar-refractivity contribution < 1.29 is 0 Å². The Morgan fingerprint density at radius 2 is 2.05 bits per heavy atom. The molecule has 5 nitrogen and oxygen atoms in total. The van der Waals surface area contributed by atoms with Crippen molar-refractivity contribution in [3.63, 3.8) is 0 Å². The van der Waals surface area contributed by atoms with E-state index in [4.69, 9.17) is 11.0 Å². The third-order valence-electron chi connectivity index (χ3n) is 3.11. The van der Waals surface area contributed by atoms with Crippen LogP contribution in [0.5, 0.6) is 0 Å². The summed E-state index contributed by atoms with van der Waals surface area (Å²) in [5, 5.41) is 8.93. The van der Waals surface area contributed by atoms with E-state index in [1.54, 1.807) is 6.07 Å². The molecule has 1 aromatic heterocycles. The molecule has 0 aliphatic carbocycles. The van der Waals surface area contributed by atoms with E-state index in [1.165, 1.54) is 0 Å². The molecular weight excluding hydrogens is 250 g/mol. The van der Waals surface area contributed by atoms with E-state index in [9.17, 15) is 0 Å². The van der Waals surface area contributed by atoms with Crippen molar-refractivity contribution in [2.24, 2.45) is 0 Å². The Balaban J connectivity index is 2.28. The predicted molar refractivity (Wildman–Crippen MR) is 79.2 cm³/mol. The molecule has 2 rings (SSSR count). The molecule has 0 saturated heterocycles. The van der Waals surface area contributed by atoms with Crippen LogP contribution < -0.4 is 10.6 Å². The van der Waals surface area contributed by atoms with Crippen molar-refractivity contribution in [2.45, 2.75) is 20.4 Å². The second-order valence-corrected chi connectivity index (χ2v) is 4.77. The van der Waals surface area contributed by atoms with Crippen LogP contribution in [0, 0.1) is 25.2 Å². The zero-order valence-electron chi connectivity index (χ0n) is 11.9. The zero-order chi connectivity index (χ0) is 14.7. The van der Waals surface area contributed by atoms with Crippen molar-refractivity contribution in [2.75, 3.05) is 17.7 Å². The van der Waals surface area contributed by atoms with E-state index in [0.29, 0.717) is 23.8 Å². The fourth-order valence-electron chi connectivity index (χ4n) is 2.09. The summed E-state index contributed by atoms with van der Waals surface area (Å²) in [5.41, 5.74) is 8.46. The first-order valence-corrected chi connectivity index (χ1v) is 6.32. The number of aromatic nitrogens is 2. The number of nitrogens with zero attached hydrogens (tertiary/aromatic N) is 4. The summed E-state index contributed by atoms with van der Waals surface area (Å²) in [6, 6.07) is 9.69. The number of hydrogen-bond donors (Lipinski definition) is 1. The third kappa shape index (κ3) is 2.86. The molecule has 0 radical (unpaired) electrons. The van der Waals surface area contributed by atoms with E-state index < -0.39 is 0 Å². The maximum atomic E-state index is 8.93. The third-order valence-corrected chi connectivity index (χ3v) is 3.11. The minimum atomic E-state index is 0.505. The number of aryl methyl sites for hydroxylation is 1. The van der Waals surface area contributed by atoms with Crippen LogP contribution in [0.3, 0.4) is 0 Å². The summed E-state index contributed by atoms with van der Waals surface area (Å²) < 4.78 is 0. The van der Waals surface area contributed by atoms with Crippen molar-refractivity contribution in [1.29, 1.82) is 5.26 Å². The lowest BCUT2D eigenvalue weighted by atomic mass is 10.1. The van der Waals surface area contributed by atoms with Gasteiger partial charge in [-0.05, 0) is 31.5 Å². The van der Waals surface area contributed by atoms with Crippen LogP contribution in [0.25, 0.3) is 0 Å². The quantitative estimate of drug-likeness (QED) is 0.922. The normalized spacial score (nSPS) is 10.1. The van der Waals surface area contributed by atoms with Gasteiger partial charge in [-0.3, -0.25) is 0 Å². The summed E-state index contributed by atoms with van der Waals surface area (Å²) in [6.45, 7) is 4.39. The topological polar surface area (TPSA) is 78.8 Å². The molecule has 1 aromatic carbocycles. The Labute approximate surface area is 118 Å². The molecule has 0 saturated carbocycles. The van der Waals surface area contributed by atoms with Crippen LogP contribution in [0.4, 0.5) is 11.6 Å². The van der Waals surface area contributed by atoms with Gasteiger partial charge in [0.05, 0.1) is 11.6 Å². The van der Waals surface area contributed by atoms with E-state index in [2.05, 4.69) is 16.0 Å². The standard InChI is InChI=1S/C15H17N5/c1-10-14(17)18-11(2)19-15(10)20(3)9-13-6-4-5-12(7-13)8-16/h4-7H,9H2,1-3H3,(H2,17,18,19). The number of nitriles is 1. The van der Waals surface area contributed by atoms with Crippen LogP contribution in [0.15, 0.2) is 24.3 Å². The van der Waals surface area contributed by atoms with Gasteiger partial charge in [0.15, 0.2) is 0 Å². The van der Waals surface area contributed by atoms with E-state index in [-0.39, 0.29) is 0 Å². The molecule has 0 aliphatic heterocycles. The Bertz CT molecular complexity index is 672. The van der Waals surface area contributed by atoms with E-state index >= 15 is 0 Å². The van der Waals surface area contributed by atoms with Gasteiger partial charge in [0.25, 0.3) is 0 Å². The highest BCUT2D eigenvalue weighted by Crippen LogP contribution is 2.22. The second-order valence-electron chi connectivity index (χ2n) is 4.77. The average Bonchev–Trinajstić information content (AvgIpc) is 2.43. The maximum absolute atomic E-state index is 8.93. The second kappa shape index (κ2) is 5.57. The molecule has 0 unspecified atom stereocenters. The van der Waals surface area contributed by atoms with Gasteiger partial charge in [0.1, 0.15) is 17.5 Å². The summed E-state index contributed by atoms with van der Waals surface area (Å²) in [4.78, 5) is 10.6. The van der Waals surface area contributed by atoms with Gasteiger partial charge in [-0.1, -0.05) is 12.1 Å². The van der Waals surface area contributed by atoms with Crippen molar-refractivity contribution >= 4 is 11.6 Å². The Morgan fingerprint density at radius 3 is 2.75 bits per heavy atom. The molecule has 0 fully saturated rings. The summed E-state index contributed by atoms with van der Waals surface area (Å²) >= 11 is 0. The predicted octanol–water partition coefficient (Wildman–Crippen LogP) is 2.18. The monoisotopic (exact) mass is 267 g/mol. The lowest BCUT2D eigenvalue weighted by Crippen LogP contribution is -2.20. The smallest absolute Gasteiger partial charge is 0.137 e. The summed E-state index contributed by atoms with van der Waals surface area (Å²) in [6.07, 6.45) is 0. The maximum Gasteiger partial charge on any atom is 0.137 e. The Kier molecular flexibility index (Phi) is 3.85. The van der Waals surface area contributed by atoms with Crippen molar-refractivity contribution in [1.82, 2.24) is 9.97 Å². The van der Waals surface area contributed by atoms with Gasteiger partial charge in [-0.15, -0.1) is 0 Å². The highest BCUT2D eigenvalue weighted by Gasteiger charge is 2.11. The minimum Gasteiger partial charge on any atom is -0.383 e. The van der Waals surface area contributed by atoms with Crippen LogP contribution in [0.2, 0.25) is 0 Å². The van der Waals surface area contributed by atoms with Gasteiger partial charge in [-0.25, -0.2) is 9.97 Å². The Hall–Kier alpha value is -2.61. The fourth-order valence-corrected chi connectivity index (χ4v) is 2.09. The van der Waals surface area contributed by atoms with Crippen LogP contribution in [-0.4, -0.2) is 17.0 Å². The highest BCUT2D eigenvalue weighted by molar-refractivity contribution is 5.56. The lowest BCUT2D eigenvalue weighted by molar-refractivity contribution is 0.871. The molecule has 5 heteroatoms. The number of anilines is 2. The first kappa shape index (κ1) is 13.8. The molecule has 0 bridgehead atoms. The van der Waals surface area contributed by atoms with Gasteiger partial charge in [0.2, 0.25) is 0 Å². The first-order valence-electron chi connectivity index (χ1n) is 6.32. The molecule has 1 heterocycles. The molecule has 0 amide bonds. The molecule has 20 heavy (non-hydrogen) atoms. The number of nitrogen functional groups attached to an aromatic ring is 1. The van der Waals surface area contributed by atoms with Crippen LogP contribution >= 0.6 is 0 Å². The zero-order valence-corrected chi connectivity index (χ0v) is 11.9. The van der Waals surface area contributed by atoms with Gasteiger partial charge in [0, 0.05) is 19.2 Å². The van der Waals surface area contributed by atoms with Gasteiger partial charge in [-0.2, -0.15) is 5.26 Å². The molecular formula is C15H17N5. The highest BCUT2D eigenvalue weighted by atomic mass is 15.2. The minimum absolute atomic E-state index is 0.505. The molecule has 102 valence electrons. The van der Waals surface area contributed by atoms with E-state index in [0.717, 1.165) is 16.9 Å². The largest absolute Gasteiger partial charge is 0.383 e. The number of hydrogen-bond acceptors (Lipinski definition) is 5. The van der Waals surface area contributed by atoms with Crippen molar-refractivity contribution in [3.05, 3.63) is 46.8 Å². The van der Waals surface area contributed by atoms with Crippen molar-refractivity contribution in [3.8, 4) is 6.07 Å². The molecule has 0 aliphatic rings. The number of nitrogens with two attached hydrogens (primary N) is 1. The molecule has 2 N–H and O–H groups in total. The summed E-state index contributed by atoms with van der Waals surface area (Å²) in [5.74, 6) is 1.98. The molecule has 0 spiro atoms. The van der Waals surface area contributed by atoms with Crippen LogP contribution in [0.1, 0.15) is 22.5 Å². The SMILES string of the molecule is Cc1nc(N)c(C)c(N(C)Cc2cccc(C#N)c2)n1. The van der Waals surface area contributed by atoms with Crippen LogP contribution in [-0.2, 0) is 6.54 Å². The molecule has 0 atom stereocenters. The van der Waals surface area contributed by atoms with E-state index in [1.807, 2.05) is 44.0 Å². The molecule has 2 aromatic rings. The van der Waals surface area contributed by atoms with Gasteiger partial charge >= 0.3 is 0 Å². The first-order chi connectivity index (χ1) is 9.51. The number of rotatable bonds is 3.